The lowest BCUT2D eigenvalue weighted by Crippen LogP contribution is -2.39. The van der Waals surface area contributed by atoms with Crippen LogP contribution in [0.4, 0.5) is 0 Å². The first-order chi connectivity index (χ1) is 7.71. The van der Waals surface area contributed by atoms with Gasteiger partial charge in [-0.25, -0.2) is 0 Å². The van der Waals surface area contributed by atoms with Crippen LogP contribution in [0.25, 0.3) is 0 Å². The minimum Gasteiger partial charge on any atom is -0.341 e. The highest BCUT2D eigenvalue weighted by Gasteiger charge is 2.42. The van der Waals surface area contributed by atoms with E-state index in [1.807, 2.05) is 0 Å². The van der Waals surface area contributed by atoms with E-state index < -0.39 is 5.79 Å². The highest BCUT2D eigenvalue weighted by molar-refractivity contribution is 5.35. The zero-order chi connectivity index (χ0) is 11.2. The fourth-order valence-electron chi connectivity index (χ4n) is 2.47. The molecule has 1 spiro atoms. The maximum absolute atomic E-state index is 5.96. The standard InChI is InChI=1S/C14H16O2/c1-10-8-15-14(11(10)2)7-12-5-3-4-6-13(12)9-16-14/h3-6H,7-9H2,1-2H3. The Balaban J connectivity index is 1.99. The fraction of sp³-hybridized carbons (Fsp3) is 0.429. The van der Waals surface area contributed by atoms with Crippen LogP contribution in [0.15, 0.2) is 35.4 Å². The van der Waals surface area contributed by atoms with E-state index in [9.17, 15) is 0 Å². The average molecular weight is 216 g/mol. The van der Waals surface area contributed by atoms with Gasteiger partial charge in [-0.05, 0) is 36.1 Å². The van der Waals surface area contributed by atoms with Gasteiger partial charge < -0.3 is 9.47 Å². The third-order valence-corrected chi connectivity index (χ3v) is 3.74. The summed E-state index contributed by atoms with van der Waals surface area (Å²) in [6, 6.07) is 8.44. The van der Waals surface area contributed by atoms with Crippen molar-refractivity contribution >= 4 is 0 Å². The van der Waals surface area contributed by atoms with E-state index in [0.29, 0.717) is 13.2 Å². The fourth-order valence-corrected chi connectivity index (χ4v) is 2.47. The molecule has 0 fully saturated rings. The number of rotatable bonds is 0. The van der Waals surface area contributed by atoms with Gasteiger partial charge in [0.15, 0.2) is 5.79 Å². The third-order valence-electron chi connectivity index (χ3n) is 3.74. The van der Waals surface area contributed by atoms with E-state index >= 15 is 0 Å². The number of benzene rings is 1. The quantitative estimate of drug-likeness (QED) is 0.621. The lowest BCUT2D eigenvalue weighted by atomic mass is 9.92. The van der Waals surface area contributed by atoms with Crippen molar-refractivity contribution in [1.82, 2.24) is 0 Å². The molecule has 1 unspecified atom stereocenters. The van der Waals surface area contributed by atoms with Gasteiger partial charge in [-0.15, -0.1) is 0 Å². The summed E-state index contributed by atoms with van der Waals surface area (Å²) in [4.78, 5) is 0. The molecule has 0 saturated heterocycles. The van der Waals surface area contributed by atoms with Gasteiger partial charge in [-0.3, -0.25) is 0 Å². The molecule has 0 amide bonds. The molecule has 0 bridgehead atoms. The van der Waals surface area contributed by atoms with Crippen molar-refractivity contribution < 1.29 is 9.47 Å². The predicted molar refractivity (Wildman–Crippen MR) is 62.0 cm³/mol. The van der Waals surface area contributed by atoms with E-state index in [1.165, 1.54) is 22.3 Å². The molecule has 0 aromatic heterocycles. The minimum atomic E-state index is -0.474. The zero-order valence-corrected chi connectivity index (χ0v) is 9.75. The van der Waals surface area contributed by atoms with Crippen LogP contribution in [0.5, 0.6) is 0 Å². The van der Waals surface area contributed by atoms with Crippen molar-refractivity contribution in [2.45, 2.75) is 32.7 Å². The Kier molecular flexibility index (Phi) is 2.16. The van der Waals surface area contributed by atoms with Crippen LogP contribution in [0.1, 0.15) is 25.0 Å². The lowest BCUT2D eigenvalue weighted by Gasteiger charge is -2.35. The Labute approximate surface area is 95.9 Å². The molecule has 1 aromatic rings. The molecule has 1 atom stereocenters. The van der Waals surface area contributed by atoms with Crippen LogP contribution in [-0.4, -0.2) is 12.4 Å². The van der Waals surface area contributed by atoms with Crippen LogP contribution in [0, 0.1) is 0 Å². The summed E-state index contributed by atoms with van der Waals surface area (Å²) in [6.45, 7) is 5.60. The van der Waals surface area contributed by atoms with E-state index in [-0.39, 0.29) is 0 Å². The highest BCUT2D eigenvalue weighted by Crippen LogP contribution is 2.39. The Morgan fingerprint density at radius 2 is 1.69 bits per heavy atom. The van der Waals surface area contributed by atoms with Crippen molar-refractivity contribution in [2.75, 3.05) is 6.61 Å². The topological polar surface area (TPSA) is 18.5 Å². The van der Waals surface area contributed by atoms with Gasteiger partial charge in [0.05, 0.1) is 13.2 Å². The first-order valence-electron chi connectivity index (χ1n) is 5.73. The molecule has 0 N–H and O–H groups in total. The molecule has 2 aliphatic rings. The molecular formula is C14H16O2. The van der Waals surface area contributed by atoms with E-state index in [1.54, 1.807) is 0 Å². The van der Waals surface area contributed by atoms with E-state index in [0.717, 1.165) is 6.42 Å². The van der Waals surface area contributed by atoms with Gasteiger partial charge in [-0.2, -0.15) is 0 Å². The van der Waals surface area contributed by atoms with Crippen molar-refractivity contribution in [3.8, 4) is 0 Å². The molecule has 0 radical (unpaired) electrons. The molecule has 0 aliphatic carbocycles. The SMILES string of the molecule is CC1=C(C)C2(Cc3ccccc3CO2)OC1. The summed E-state index contributed by atoms with van der Waals surface area (Å²) in [5.74, 6) is -0.474. The smallest absolute Gasteiger partial charge is 0.195 e. The maximum atomic E-state index is 5.96. The van der Waals surface area contributed by atoms with Gasteiger partial charge in [-0.1, -0.05) is 24.3 Å². The van der Waals surface area contributed by atoms with Crippen molar-refractivity contribution in [3.63, 3.8) is 0 Å². The number of hydrogen-bond acceptors (Lipinski definition) is 2. The Hall–Kier alpha value is -1.12. The highest BCUT2D eigenvalue weighted by atomic mass is 16.7. The molecule has 0 saturated carbocycles. The van der Waals surface area contributed by atoms with Crippen LogP contribution in [0.3, 0.4) is 0 Å². The number of ether oxygens (including phenoxy) is 2. The Morgan fingerprint density at radius 3 is 2.38 bits per heavy atom. The predicted octanol–water partition coefficient (Wildman–Crippen LogP) is 2.82. The van der Waals surface area contributed by atoms with Crippen LogP contribution in [0.2, 0.25) is 0 Å². The van der Waals surface area contributed by atoms with Crippen molar-refractivity contribution in [3.05, 3.63) is 46.5 Å². The molecular weight excluding hydrogens is 200 g/mol. The second-order valence-electron chi connectivity index (χ2n) is 4.68. The van der Waals surface area contributed by atoms with Gasteiger partial charge in [0, 0.05) is 6.42 Å². The van der Waals surface area contributed by atoms with Crippen molar-refractivity contribution in [2.24, 2.45) is 0 Å². The zero-order valence-electron chi connectivity index (χ0n) is 9.75. The molecule has 3 rings (SSSR count). The Morgan fingerprint density at radius 1 is 1.00 bits per heavy atom. The van der Waals surface area contributed by atoms with Crippen LogP contribution < -0.4 is 0 Å². The number of hydrogen-bond donors (Lipinski definition) is 0. The summed E-state index contributed by atoms with van der Waals surface area (Å²) in [7, 11) is 0. The van der Waals surface area contributed by atoms with Crippen LogP contribution in [-0.2, 0) is 22.5 Å². The maximum Gasteiger partial charge on any atom is 0.195 e. The molecule has 2 aliphatic heterocycles. The van der Waals surface area contributed by atoms with E-state index in [4.69, 9.17) is 9.47 Å². The summed E-state index contributed by atoms with van der Waals surface area (Å²) >= 11 is 0. The number of fused-ring (bicyclic) bond motifs is 1. The van der Waals surface area contributed by atoms with Gasteiger partial charge in [0.25, 0.3) is 0 Å². The summed E-state index contributed by atoms with van der Waals surface area (Å²) in [6.07, 6.45) is 0.840. The molecule has 16 heavy (non-hydrogen) atoms. The second-order valence-corrected chi connectivity index (χ2v) is 4.68. The lowest BCUT2D eigenvalue weighted by molar-refractivity contribution is -0.207. The average Bonchev–Trinajstić information content (AvgIpc) is 2.58. The molecule has 2 heterocycles. The minimum absolute atomic E-state index is 0.474. The molecule has 84 valence electrons. The van der Waals surface area contributed by atoms with Crippen molar-refractivity contribution in [1.29, 1.82) is 0 Å². The monoisotopic (exact) mass is 216 g/mol. The summed E-state index contributed by atoms with van der Waals surface area (Å²) in [5.41, 5.74) is 5.19. The first-order valence-corrected chi connectivity index (χ1v) is 5.73. The Bertz CT molecular complexity index is 462. The summed E-state index contributed by atoms with van der Waals surface area (Å²) < 4.78 is 11.8. The van der Waals surface area contributed by atoms with Gasteiger partial charge >= 0.3 is 0 Å². The molecule has 1 aromatic carbocycles. The van der Waals surface area contributed by atoms with Gasteiger partial charge in [0.2, 0.25) is 0 Å². The summed E-state index contributed by atoms with van der Waals surface area (Å²) in [5, 5.41) is 0. The van der Waals surface area contributed by atoms with E-state index in [2.05, 4.69) is 38.1 Å². The first kappa shape index (κ1) is 10.1. The third kappa shape index (κ3) is 1.34. The molecule has 2 heteroatoms. The van der Waals surface area contributed by atoms with Gasteiger partial charge in [0.1, 0.15) is 0 Å². The second kappa shape index (κ2) is 3.44. The molecule has 2 nitrogen and oxygen atoms in total. The largest absolute Gasteiger partial charge is 0.341 e. The van der Waals surface area contributed by atoms with Crippen LogP contribution >= 0.6 is 0 Å². The normalized spacial score (nSPS) is 28.6.